The molecule has 1 rings (SSSR count). The van der Waals surface area contributed by atoms with E-state index in [0.717, 1.165) is 25.4 Å². The fourth-order valence-corrected chi connectivity index (χ4v) is 1.75. The van der Waals surface area contributed by atoms with Gasteiger partial charge in [-0.3, -0.25) is 0 Å². The minimum absolute atomic E-state index is 0.325. The number of hydrogen-bond acceptors (Lipinski definition) is 2. The average Bonchev–Trinajstić information content (AvgIpc) is 1.94. The SMILES string of the molecule is CC(=O)CCCCN(C)C1CCC1. The van der Waals surface area contributed by atoms with Crippen LogP contribution in [0.4, 0.5) is 0 Å². The molecule has 13 heavy (non-hydrogen) atoms. The van der Waals surface area contributed by atoms with E-state index in [0.29, 0.717) is 5.78 Å². The molecule has 2 nitrogen and oxygen atoms in total. The fraction of sp³-hybridized carbons (Fsp3) is 0.909. The van der Waals surface area contributed by atoms with Crippen LogP contribution in [0.5, 0.6) is 0 Å². The van der Waals surface area contributed by atoms with E-state index < -0.39 is 0 Å². The molecular formula is C11H21NO. The summed E-state index contributed by atoms with van der Waals surface area (Å²) in [5.41, 5.74) is 0. The van der Waals surface area contributed by atoms with Gasteiger partial charge in [0.05, 0.1) is 0 Å². The van der Waals surface area contributed by atoms with Crippen molar-refractivity contribution in [2.45, 2.75) is 51.5 Å². The summed E-state index contributed by atoms with van der Waals surface area (Å²) in [4.78, 5) is 13.1. The maximum atomic E-state index is 10.7. The zero-order valence-electron chi connectivity index (χ0n) is 8.88. The number of carbonyl (C=O) groups excluding carboxylic acids is 1. The Bertz CT molecular complexity index is 163. The number of nitrogens with zero attached hydrogens (tertiary/aromatic N) is 1. The van der Waals surface area contributed by atoms with Crippen LogP contribution in [0.15, 0.2) is 0 Å². The molecule has 0 amide bonds. The van der Waals surface area contributed by atoms with E-state index >= 15 is 0 Å². The Hall–Kier alpha value is -0.370. The zero-order valence-corrected chi connectivity index (χ0v) is 8.88. The van der Waals surface area contributed by atoms with Crippen molar-refractivity contribution < 1.29 is 4.79 Å². The van der Waals surface area contributed by atoms with Gasteiger partial charge in [0.2, 0.25) is 0 Å². The van der Waals surface area contributed by atoms with Gasteiger partial charge < -0.3 is 9.69 Å². The lowest BCUT2D eigenvalue weighted by molar-refractivity contribution is -0.117. The second kappa shape index (κ2) is 5.38. The Kier molecular flexibility index (Phi) is 4.43. The van der Waals surface area contributed by atoms with E-state index in [4.69, 9.17) is 0 Å². The van der Waals surface area contributed by atoms with E-state index in [9.17, 15) is 4.79 Å². The molecule has 0 bridgehead atoms. The minimum atomic E-state index is 0.325. The van der Waals surface area contributed by atoms with Gasteiger partial charge in [0.1, 0.15) is 5.78 Å². The Morgan fingerprint density at radius 3 is 2.54 bits per heavy atom. The number of hydrogen-bond donors (Lipinski definition) is 0. The molecule has 0 radical (unpaired) electrons. The van der Waals surface area contributed by atoms with Crippen LogP contribution in [0.3, 0.4) is 0 Å². The molecule has 0 saturated heterocycles. The first kappa shape index (κ1) is 10.7. The second-order valence-electron chi connectivity index (χ2n) is 4.22. The summed E-state index contributed by atoms with van der Waals surface area (Å²) < 4.78 is 0. The van der Waals surface area contributed by atoms with Crippen molar-refractivity contribution >= 4 is 5.78 Å². The van der Waals surface area contributed by atoms with Crippen LogP contribution in [-0.4, -0.2) is 30.3 Å². The highest BCUT2D eigenvalue weighted by Crippen LogP contribution is 2.23. The highest BCUT2D eigenvalue weighted by molar-refractivity contribution is 5.75. The molecule has 0 unspecified atom stereocenters. The first-order valence-corrected chi connectivity index (χ1v) is 5.40. The number of ketones is 1. The normalized spacial score (nSPS) is 17.5. The van der Waals surface area contributed by atoms with Gasteiger partial charge >= 0.3 is 0 Å². The lowest BCUT2D eigenvalue weighted by Gasteiger charge is -2.34. The van der Waals surface area contributed by atoms with Gasteiger partial charge in [0.15, 0.2) is 0 Å². The second-order valence-corrected chi connectivity index (χ2v) is 4.22. The number of rotatable bonds is 6. The highest BCUT2D eigenvalue weighted by atomic mass is 16.1. The summed E-state index contributed by atoms with van der Waals surface area (Å²) in [6, 6.07) is 0.845. The van der Waals surface area contributed by atoms with Crippen LogP contribution in [0, 0.1) is 0 Å². The van der Waals surface area contributed by atoms with E-state index in [1.165, 1.54) is 25.7 Å². The first-order chi connectivity index (χ1) is 6.20. The molecule has 2 heteroatoms. The molecule has 1 saturated carbocycles. The van der Waals surface area contributed by atoms with E-state index in [1.807, 2.05) is 0 Å². The van der Waals surface area contributed by atoms with Crippen LogP contribution in [-0.2, 0) is 4.79 Å². The summed E-state index contributed by atoms with van der Waals surface area (Å²) in [5.74, 6) is 0.325. The Labute approximate surface area is 81.3 Å². The van der Waals surface area contributed by atoms with Crippen molar-refractivity contribution in [2.75, 3.05) is 13.6 Å². The maximum absolute atomic E-state index is 10.7. The smallest absolute Gasteiger partial charge is 0.129 e. The average molecular weight is 183 g/mol. The van der Waals surface area contributed by atoms with Gasteiger partial charge in [-0.25, -0.2) is 0 Å². The molecule has 0 spiro atoms. The largest absolute Gasteiger partial charge is 0.303 e. The lowest BCUT2D eigenvalue weighted by atomic mass is 9.92. The van der Waals surface area contributed by atoms with E-state index in [-0.39, 0.29) is 0 Å². The van der Waals surface area contributed by atoms with Crippen LogP contribution in [0.2, 0.25) is 0 Å². The Morgan fingerprint density at radius 1 is 1.38 bits per heavy atom. The molecule has 0 N–H and O–H groups in total. The molecular weight excluding hydrogens is 162 g/mol. The fourth-order valence-electron chi connectivity index (χ4n) is 1.75. The summed E-state index contributed by atoms with van der Waals surface area (Å²) in [6.07, 6.45) is 7.16. The summed E-state index contributed by atoms with van der Waals surface area (Å²) in [6.45, 7) is 2.84. The van der Waals surface area contributed by atoms with Gasteiger partial charge in [0, 0.05) is 12.5 Å². The molecule has 1 aliphatic carbocycles. The van der Waals surface area contributed by atoms with Gasteiger partial charge in [-0.15, -0.1) is 0 Å². The lowest BCUT2D eigenvalue weighted by Crippen LogP contribution is -2.37. The van der Waals surface area contributed by atoms with Crippen molar-refractivity contribution in [3.63, 3.8) is 0 Å². The van der Waals surface area contributed by atoms with Crippen molar-refractivity contribution in [1.29, 1.82) is 0 Å². The molecule has 0 aromatic carbocycles. The third-order valence-corrected chi connectivity index (χ3v) is 2.99. The van der Waals surface area contributed by atoms with Crippen molar-refractivity contribution in [2.24, 2.45) is 0 Å². The van der Waals surface area contributed by atoms with Crippen molar-refractivity contribution in [1.82, 2.24) is 4.90 Å². The summed E-state index contributed by atoms with van der Waals surface area (Å²) in [7, 11) is 2.21. The molecule has 76 valence electrons. The highest BCUT2D eigenvalue weighted by Gasteiger charge is 2.20. The molecule has 1 aliphatic rings. The van der Waals surface area contributed by atoms with E-state index in [1.54, 1.807) is 6.92 Å². The quantitative estimate of drug-likeness (QED) is 0.589. The monoisotopic (exact) mass is 183 g/mol. The number of Topliss-reactive ketones (excluding diaryl/α,β-unsaturated/α-hetero) is 1. The van der Waals surface area contributed by atoms with Gasteiger partial charge in [-0.05, 0) is 46.2 Å². The van der Waals surface area contributed by atoms with Crippen LogP contribution < -0.4 is 0 Å². The zero-order chi connectivity index (χ0) is 9.68. The van der Waals surface area contributed by atoms with Crippen LogP contribution in [0.1, 0.15) is 45.4 Å². The van der Waals surface area contributed by atoms with Crippen molar-refractivity contribution in [3.8, 4) is 0 Å². The predicted octanol–water partition coefficient (Wildman–Crippen LogP) is 2.23. The number of carbonyl (C=O) groups is 1. The topological polar surface area (TPSA) is 20.3 Å². The Balaban J connectivity index is 1.95. The van der Waals surface area contributed by atoms with Gasteiger partial charge in [-0.1, -0.05) is 6.42 Å². The first-order valence-electron chi connectivity index (χ1n) is 5.40. The number of unbranched alkanes of at least 4 members (excludes halogenated alkanes) is 1. The minimum Gasteiger partial charge on any atom is -0.303 e. The molecule has 0 aromatic heterocycles. The standard InChI is InChI=1S/C11H21NO/c1-10(13)6-3-4-9-12(2)11-7-5-8-11/h11H,3-9H2,1-2H3. The third-order valence-electron chi connectivity index (χ3n) is 2.99. The van der Waals surface area contributed by atoms with Crippen LogP contribution >= 0.6 is 0 Å². The van der Waals surface area contributed by atoms with E-state index in [2.05, 4.69) is 11.9 Å². The molecule has 1 fully saturated rings. The van der Waals surface area contributed by atoms with Crippen molar-refractivity contribution in [3.05, 3.63) is 0 Å². The Morgan fingerprint density at radius 2 is 2.08 bits per heavy atom. The summed E-state index contributed by atoms with van der Waals surface area (Å²) in [5, 5.41) is 0. The third kappa shape index (κ3) is 3.90. The molecule has 0 aromatic rings. The summed E-state index contributed by atoms with van der Waals surface area (Å²) >= 11 is 0. The molecule has 0 heterocycles. The molecule has 0 aliphatic heterocycles. The maximum Gasteiger partial charge on any atom is 0.129 e. The van der Waals surface area contributed by atoms with Gasteiger partial charge in [0.25, 0.3) is 0 Å². The predicted molar refractivity (Wildman–Crippen MR) is 54.8 cm³/mol. The van der Waals surface area contributed by atoms with Crippen LogP contribution in [0.25, 0.3) is 0 Å². The molecule has 0 atom stereocenters. The van der Waals surface area contributed by atoms with Gasteiger partial charge in [-0.2, -0.15) is 0 Å².